The lowest BCUT2D eigenvalue weighted by molar-refractivity contribution is -0.143. The quantitative estimate of drug-likeness (QED) is 0.125. The summed E-state index contributed by atoms with van der Waals surface area (Å²) < 4.78 is 88.1. The Balaban J connectivity index is 1.50. The molecule has 2 aliphatic heterocycles. The maximum atomic E-state index is 14.0. The fourth-order valence-electron chi connectivity index (χ4n) is 7.33. The van der Waals surface area contributed by atoms with Crippen LogP contribution in [0.2, 0.25) is 11.3 Å². The first-order valence-corrected chi connectivity index (χ1v) is 16.2. The van der Waals surface area contributed by atoms with E-state index < -0.39 is 72.0 Å². The molecule has 2 N–H and O–H groups in total. The van der Waals surface area contributed by atoms with Crippen LogP contribution in [0.15, 0.2) is 53.1 Å². The number of nitrogens with zero attached hydrogens (tertiary/aromatic N) is 1. The van der Waals surface area contributed by atoms with Crippen LogP contribution in [0.3, 0.4) is 0 Å². The van der Waals surface area contributed by atoms with Crippen molar-refractivity contribution in [1.82, 2.24) is 0 Å². The summed E-state index contributed by atoms with van der Waals surface area (Å²) in [5.41, 5.74) is -0.746. The van der Waals surface area contributed by atoms with Crippen molar-refractivity contribution in [2.45, 2.75) is 77.7 Å². The smallest absolute Gasteiger partial charge is 0.455 e. The molecular formula is C34H35BClF6NO5. The Morgan fingerprint density at radius 1 is 1.02 bits per heavy atom. The Labute approximate surface area is 279 Å². The number of allylic oxidation sites excluding steroid dienone is 2. The number of phenols is 1. The number of rotatable bonds is 8. The molecule has 0 saturated carbocycles. The third kappa shape index (κ3) is 7.18. The highest BCUT2D eigenvalue weighted by Crippen LogP contribution is 2.53. The Bertz CT molecular complexity index is 1620. The minimum atomic E-state index is -5.16. The summed E-state index contributed by atoms with van der Waals surface area (Å²) in [5.74, 6) is -4.70. The van der Waals surface area contributed by atoms with Crippen molar-refractivity contribution in [3.05, 3.63) is 74.8 Å². The number of alkyl halides is 6. The zero-order valence-electron chi connectivity index (χ0n) is 26.5. The summed E-state index contributed by atoms with van der Waals surface area (Å²) in [6.45, 7) is 5.82. The standard InChI is InChI=1S/C34H35BClF6NO5/c1-4-5-18(10-19-7-8-23(44)14-27(19)36)6-9-28-29-24(17(2)3)15-25-30(26(29)16-35(47)48-28)32(46)43(31(25)45)22-12-20(33(37,38)39)11-21(13-22)34(40,41)42/h7-8,10-14,17,25-26,28,30,44,47H,4-6,9,15-16H2,1-3H3/b18-10+/t25-,26+,28-,30-/m1/s1. The maximum absolute atomic E-state index is 14.0. The topological polar surface area (TPSA) is 87.1 Å². The number of phenolic OH excluding ortho intramolecular Hbond substituents is 1. The highest BCUT2D eigenvalue weighted by atomic mass is 35.5. The van der Waals surface area contributed by atoms with Gasteiger partial charge in [-0.3, -0.25) is 9.59 Å². The van der Waals surface area contributed by atoms with Crippen LogP contribution in [0.25, 0.3) is 6.08 Å². The van der Waals surface area contributed by atoms with E-state index in [0.29, 0.717) is 40.5 Å². The molecule has 0 spiro atoms. The van der Waals surface area contributed by atoms with Crippen molar-refractivity contribution in [2.24, 2.45) is 23.7 Å². The molecule has 3 aliphatic rings. The highest BCUT2D eigenvalue weighted by molar-refractivity contribution is 6.43. The molecule has 0 unspecified atom stereocenters. The van der Waals surface area contributed by atoms with E-state index in [1.807, 2.05) is 26.8 Å². The third-order valence-corrected chi connectivity index (χ3v) is 9.74. The second-order valence-corrected chi connectivity index (χ2v) is 13.4. The number of hydrogen-bond donors (Lipinski definition) is 2. The number of anilines is 1. The van der Waals surface area contributed by atoms with Gasteiger partial charge in [-0.25, -0.2) is 4.90 Å². The van der Waals surface area contributed by atoms with Gasteiger partial charge in [0.2, 0.25) is 11.8 Å². The summed E-state index contributed by atoms with van der Waals surface area (Å²) in [4.78, 5) is 28.2. The van der Waals surface area contributed by atoms with E-state index in [1.165, 1.54) is 12.1 Å². The van der Waals surface area contributed by atoms with E-state index in [4.69, 9.17) is 16.3 Å². The number of hydrogen-bond acceptors (Lipinski definition) is 5. The maximum Gasteiger partial charge on any atom is 0.455 e. The number of aromatic hydroxyl groups is 1. The summed E-state index contributed by atoms with van der Waals surface area (Å²) >= 11 is 6.34. The fraction of sp³-hybridized carbons (Fsp3) is 0.471. The van der Waals surface area contributed by atoms with Gasteiger partial charge in [0.05, 0.1) is 39.8 Å². The van der Waals surface area contributed by atoms with Gasteiger partial charge in [0, 0.05) is 0 Å². The van der Waals surface area contributed by atoms with Gasteiger partial charge in [-0.05, 0) is 91.4 Å². The van der Waals surface area contributed by atoms with Gasteiger partial charge in [-0.1, -0.05) is 56.0 Å². The third-order valence-electron chi connectivity index (χ3n) is 9.41. The number of amides is 2. The van der Waals surface area contributed by atoms with Crippen LogP contribution in [-0.4, -0.2) is 35.2 Å². The predicted octanol–water partition coefficient (Wildman–Crippen LogP) is 8.70. The van der Waals surface area contributed by atoms with Crippen LogP contribution in [0.1, 0.15) is 69.6 Å². The van der Waals surface area contributed by atoms with E-state index in [1.54, 1.807) is 6.07 Å². The summed E-state index contributed by atoms with van der Waals surface area (Å²) in [7, 11) is -1.32. The average molecular weight is 698 g/mol. The van der Waals surface area contributed by atoms with Crippen LogP contribution < -0.4 is 4.90 Å². The van der Waals surface area contributed by atoms with Gasteiger partial charge in [0.15, 0.2) is 0 Å². The Kier molecular flexibility index (Phi) is 10.2. The molecule has 2 heterocycles. The van der Waals surface area contributed by atoms with Crippen LogP contribution in [-0.2, 0) is 26.6 Å². The summed E-state index contributed by atoms with van der Waals surface area (Å²) in [6.07, 6.45) is -6.59. The number of fused-ring (bicyclic) bond motifs is 3. The molecule has 14 heteroatoms. The largest absolute Gasteiger partial charge is 0.508 e. The highest BCUT2D eigenvalue weighted by Gasteiger charge is 2.58. The first kappa shape index (κ1) is 36.0. The van der Waals surface area contributed by atoms with Crippen LogP contribution in [0.4, 0.5) is 32.0 Å². The summed E-state index contributed by atoms with van der Waals surface area (Å²) in [5, 5.41) is 21.0. The van der Waals surface area contributed by atoms with Crippen LogP contribution in [0.5, 0.6) is 5.75 Å². The van der Waals surface area contributed by atoms with Crippen molar-refractivity contribution in [1.29, 1.82) is 0 Å². The number of carbonyl (C=O) groups is 2. The van der Waals surface area contributed by atoms with E-state index in [0.717, 1.165) is 29.6 Å². The SMILES string of the molecule is CCC/C(=C\c1ccc(O)cc1Cl)CC[C@H]1OB(O)C[C@H]2C1=C(C(C)C)C[C@H]1C(=O)N(c3cc(C(F)(F)F)cc(C(F)(F)F)c3)C(=O)[C@H]12. The molecule has 6 nitrogen and oxygen atoms in total. The normalized spacial score (nSPS) is 23.7. The lowest BCUT2D eigenvalue weighted by Gasteiger charge is -2.44. The second-order valence-electron chi connectivity index (χ2n) is 13.0. The molecule has 2 aromatic rings. The fourth-order valence-corrected chi connectivity index (χ4v) is 7.56. The second kappa shape index (κ2) is 13.6. The molecule has 2 aromatic carbocycles. The lowest BCUT2D eigenvalue weighted by Crippen LogP contribution is -2.46. The van der Waals surface area contributed by atoms with Crippen LogP contribution >= 0.6 is 11.6 Å². The average Bonchev–Trinajstić information content (AvgIpc) is 3.24. The molecule has 48 heavy (non-hydrogen) atoms. The molecule has 5 rings (SSSR count). The molecule has 0 radical (unpaired) electrons. The zero-order valence-corrected chi connectivity index (χ0v) is 27.2. The van der Waals surface area contributed by atoms with Gasteiger partial charge in [0.25, 0.3) is 0 Å². The van der Waals surface area contributed by atoms with Gasteiger partial charge in [-0.2, -0.15) is 26.3 Å². The molecular weight excluding hydrogens is 663 g/mol. The first-order valence-electron chi connectivity index (χ1n) is 15.8. The van der Waals surface area contributed by atoms with E-state index in [-0.39, 0.29) is 30.5 Å². The van der Waals surface area contributed by atoms with Crippen LogP contribution in [0, 0.1) is 23.7 Å². The van der Waals surface area contributed by atoms with E-state index >= 15 is 0 Å². The van der Waals surface area contributed by atoms with Crippen molar-refractivity contribution >= 4 is 42.3 Å². The molecule has 258 valence electrons. The van der Waals surface area contributed by atoms with Crippen molar-refractivity contribution in [3.8, 4) is 5.75 Å². The number of halogens is 7. The number of carbonyl (C=O) groups excluding carboxylic acids is 2. The van der Waals surface area contributed by atoms with Gasteiger partial charge in [0.1, 0.15) is 5.75 Å². The van der Waals surface area contributed by atoms with Crippen molar-refractivity contribution in [2.75, 3.05) is 4.90 Å². The molecule has 4 atom stereocenters. The molecule has 1 aliphatic carbocycles. The molecule has 2 saturated heterocycles. The molecule has 0 aromatic heterocycles. The van der Waals surface area contributed by atoms with Gasteiger partial charge >= 0.3 is 19.5 Å². The Hall–Kier alpha value is -3.29. The number of benzene rings is 2. The predicted molar refractivity (Wildman–Crippen MR) is 169 cm³/mol. The molecule has 2 fully saturated rings. The minimum Gasteiger partial charge on any atom is -0.508 e. The number of imide groups is 1. The summed E-state index contributed by atoms with van der Waals surface area (Å²) in [6, 6.07) is 5.40. The van der Waals surface area contributed by atoms with Crippen molar-refractivity contribution in [3.63, 3.8) is 0 Å². The zero-order chi connectivity index (χ0) is 35.3. The van der Waals surface area contributed by atoms with E-state index in [2.05, 4.69) is 0 Å². The monoisotopic (exact) mass is 697 g/mol. The first-order chi connectivity index (χ1) is 22.4. The molecule has 2 amide bonds. The minimum absolute atomic E-state index is 0.0286. The van der Waals surface area contributed by atoms with E-state index in [9.17, 15) is 46.1 Å². The Morgan fingerprint density at radius 3 is 2.23 bits per heavy atom. The Morgan fingerprint density at radius 2 is 1.67 bits per heavy atom. The lowest BCUT2D eigenvalue weighted by atomic mass is 9.57. The van der Waals surface area contributed by atoms with Crippen molar-refractivity contribution < 1.29 is 50.7 Å². The molecule has 0 bridgehead atoms. The van der Waals surface area contributed by atoms with Gasteiger partial charge < -0.3 is 14.8 Å². The van der Waals surface area contributed by atoms with Gasteiger partial charge in [-0.15, -0.1) is 0 Å².